The lowest BCUT2D eigenvalue weighted by Crippen LogP contribution is -2.61. The van der Waals surface area contributed by atoms with Gasteiger partial charge in [-0.1, -0.05) is 50.1 Å². The van der Waals surface area contributed by atoms with Crippen LogP contribution in [-0.2, 0) is 19.9 Å². The molecule has 0 spiro atoms. The summed E-state index contributed by atoms with van der Waals surface area (Å²) < 4.78 is 11.6. The molecule has 1 aromatic carbocycles. The van der Waals surface area contributed by atoms with Gasteiger partial charge in [-0.3, -0.25) is 0 Å². The van der Waals surface area contributed by atoms with E-state index in [1.165, 1.54) is 7.11 Å². The number of aliphatic hydroxyl groups excluding tert-OH is 1. The molecule has 2 bridgehead atoms. The van der Waals surface area contributed by atoms with Gasteiger partial charge in [0, 0.05) is 18.6 Å². The van der Waals surface area contributed by atoms with Gasteiger partial charge in [-0.15, -0.1) is 5.92 Å². The summed E-state index contributed by atoms with van der Waals surface area (Å²) in [6, 6.07) is 9.23. The fourth-order valence-electron chi connectivity index (χ4n) is 5.14. The molecule has 3 saturated carbocycles. The Morgan fingerprint density at radius 1 is 1.30 bits per heavy atom. The monoisotopic (exact) mass is 370 g/mol. The van der Waals surface area contributed by atoms with Crippen molar-refractivity contribution in [2.45, 2.75) is 58.3 Å². The number of fused-ring (bicyclic) bond motifs is 2. The highest BCUT2D eigenvalue weighted by molar-refractivity contribution is 5.85. The molecule has 0 unspecified atom stereocenters. The van der Waals surface area contributed by atoms with E-state index in [4.69, 9.17) is 9.47 Å². The number of aliphatic hydroxyl groups is 1. The number of carbonyl (C=O) groups excluding carboxylic acids is 1. The summed E-state index contributed by atoms with van der Waals surface area (Å²) >= 11 is 0. The summed E-state index contributed by atoms with van der Waals surface area (Å²) in [5.41, 5.74) is -0.608. The predicted molar refractivity (Wildman–Crippen MR) is 104 cm³/mol. The zero-order valence-corrected chi connectivity index (χ0v) is 16.9. The van der Waals surface area contributed by atoms with Gasteiger partial charge in [0.1, 0.15) is 6.10 Å². The highest BCUT2D eigenvalue weighted by Gasteiger charge is 2.60. The third-order valence-corrected chi connectivity index (χ3v) is 6.85. The van der Waals surface area contributed by atoms with Crippen molar-refractivity contribution in [2.24, 2.45) is 23.2 Å². The van der Waals surface area contributed by atoms with Crippen LogP contribution in [-0.4, -0.2) is 30.4 Å². The Bertz CT molecular complexity index is 743. The molecule has 0 amide bonds. The molecule has 1 N–H and O–H groups in total. The normalized spacial score (nSPS) is 31.5. The molecule has 4 heteroatoms. The first-order valence-electron chi connectivity index (χ1n) is 9.71. The zero-order valence-electron chi connectivity index (χ0n) is 16.9. The van der Waals surface area contributed by atoms with Gasteiger partial charge in [0.25, 0.3) is 5.60 Å². The molecule has 4 rings (SSSR count). The number of carbonyl (C=O) groups is 1. The second-order valence-electron chi connectivity index (χ2n) is 8.48. The van der Waals surface area contributed by atoms with Crippen molar-refractivity contribution in [1.82, 2.24) is 0 Å². The van der Waals surface area contributed by atoms with Crippen LogP contribution in [0.2, 0.25) is 0 Å². The summed E-state index contributed by atoms with van der Waals surface area (Å²) in [4.78, 5) is 13.3. The first-order chi connectivity index (χ1) is 12.8. The van der Waals surface area contributed by atoms with Gasteiger partial charge in [0.2, 0.25) is 0 Å². The predicted octanol–water partition coefficient (Wildman–Crippen LogP) is 3.53. The number of ether oxygens (including phenoxy) is 2. The molecule has 4 nitrogen and oxygen atoms in total. The van der Waals surface area contributed by atoms with Crippen LogP contribution < -0.4 is 0 Å². The molecule has 0 radical (unpaired) electrons. The van der Waals surface area contributed by atoms with Crippen LogP contribution in [0, 0.1) is 35.0 Å². The Morgan fingerprint density at radius 2 is 1.96 bits per heavy atom. The van der Waals surface area contributed by atoms with Gasteiger partial charge in [0.15, 0.2) is 0 Å². The van der Waals surface area contributed by atoms with Crippen LogP contribution >= 0.6 is 0 Å². The van der Waals surface area contributed by atoms with Crippen LogP contribution in [0.3, 0.4) is 0 Å². The van der Waals surface area contributed by atoms with E-state index in [1.807, 2.05) is 30.3 Å². The van der Waals surface area contributed by atoms with Crippen LogP contribution in [0.15, 0.2) is 30.3 Å². The van der Waals surface area contributed by atoms with Crippen LogP contribution in [0.5, 0.6) is 0 Å². The number of esters is 1. The summed E-state index contributed by atoms with van der Waals surface area (Å²) in [7, 11) is 1.48. The molecular weight excluding hydrogens is 340 g/mol. The average molecular weight is 370 g/mol. The molecular formula is C23H30O4. The lowest BCUT2D eigenvalue weighted by atomic mass is 9.44. The topological polar surface area (TPSA) is 55.8 Å². The summed E-state index contributed by atoms with van der Waals surface area (Å²) in [5.74, 6) is 6.06. The van der Waals surface area contributed by atoms with Crippen molar-refractivity contribution in [3.8, 4) is 11.8 Å². The number of methoxy groups -OCH3 is 1. The van der Waals surface area contributed by atoms with Gasteiger partial charge >= 0.3 is 5.97 Å². The largest absolute Gasteiger partial charge is 0.459 e. The molecule has 0 saturated heterocycles. The Hall–Kier alpha value is -1.83. The Labute approximate surface area is 162 Å². The van der Waals surface area contributed by atoms with Gasteiger partial charge in [-0.05, 0) is 43.9 Å². The molecule has 0 aromatic heterocycles. The Balaban J connectivity index is 1.89. The summed E-state index contributed by atoms with van der Waals surface area (Å²) in [5, 5.41) is 10.4. The molecule has 3 fully saturated rings. The van der Waals surface area contributed by atoms with E-state index < -0.39 is 17.7 Å². The lowest BCUT2D eigenvalue weighted by molar-refractivity contribution is -0.214. The van der Waals surface area contributed by atoms with Crippen LogP contribution in [0.25, 0.3) is 0 Å². The molecule has 1 aromatic rings. The molecule has 146 valence electrons. The van der Waals surface area contributed by atoms with E-state index in [0.717, 1.165) is 12.8 Å². The minimum atomic E-state index is -1.45. The van der Waals surface area contributed by atoms with Gasteiger partial charge in [-0.2, -0.15) is 0 Å². The van der Waals surface area contributed by atoms with Crippen molar-refractivity contribution in [3.63, 3.8) is 0 Å². The zero-order chi connectivity index (χ0) is 19.8. The van der Waals surface area contributed by atoms with Crippen molar-refractivity contribution in [3.05, 3.63) is 35.9 Å². The van der Waals surface area contributed by atoms with Gasteiger partial charge < -0.3 is 14.6 Å². The molecule has 27 heavy (non-hydrogen) atoms. The maximum atomic E-state index is 13.3. The Morgan fingerprint density at radius 3 is 2.48 bits per heavy atom. The van der Waals surface area contributed by atoms with E-state index in [-0.39, 0.29) is 17.4 Å². The lowest BCUT2D eigenvalue weighted by Gasteiger charge is -2.62. The van der Waals surface area contributed by atoms with E-state index in [2.05, 4.69) is 25.7 Å². The third-order valence-electron chi connectivity index (χ3n) is 6.85. The summed E-state index contributed by atoms with van der Waals surface area (Å²) in [6.07, 6.45) is 1.03. The number of hydrogen-bond acceptors (Lipinski definition) is 4. The maximum absolute atomic E-state index is 13.3. The van der Waals surface area contributed by atoms with Crippen molar-refractivity contribution in [1.29, 1.82) is 0 Å². The minimum Gasteiger partial charge on any atom is -0.459 e. The van der Waals surface area contributed by atoms with E-state index >= 15 is 0 Å². The number of rotatable bonds is 5. The van der Waals surface area contributed by atoms with E-state index in [9.17, 15) is 9.90 Å². The molecule has 0 heterocycles. The van der Waals surface area contributed by atoms with Gasteiger partial charge in [0.05, 0.1) is 6.10 Å². The fraction of sp³-hybridized carbons (Fsp3) is 0.609. The van der Waals surface area contributed by atoms with Gasteiger partial charge in [-0.25, -0.2) is 4.79 Å². The smallest absolute Gasteiger partial charge is 0.356 e. The highest BCUT2D eigenvalue weighted by Crippen LogP contribution is 2.62. The third kappa shape index (κ3) is 3.17. The fourth-order valence-corrected chi connectivity index (χ4v) is 5.14. The molecule has 3 aliphatic rings. The van der Waals surface area contributed by atoms with Crippen molar-refractivity contribution >= 4 is 5.97 Å². The molecule has 6 atom stereocenters. The second kappa shape index (κ2) is 7.30. The standard InChI is InChI=1S/C23H30O4/c1-6-12-23(26-5,16-10-8-7-9-11-16)21(25)27-19-14-17-13-18(22(17,3)4)20(19)15(2)24/h7-11,15,17-20,24H,13-14H2,1-5H3/t15-,17+,18-,19-,20-,23+/m0/s1. The van der Waals surface area contributed by atoms with E-state index in [0.29, 0.717) is 17.4 Å². The number of hydrogen-bond donors (Lipinski definition) is 1. The average Bonchev–Trinajstić information content (AvgIpc) is 2.66. The van der Waals surface area contributed by atoms with Crippen molar-refractivity contribution in [2.75, 3.05) is 7.11 Å². The highest BCUT2D eigenvalue weighted by atomic mass is 16.6. The SMILES string of the molecule is CC#C[C@](OC)(C(=O)O[C@H]1C[C@H]2C[C@@H]([C@@H]1[C@H](C)O)C2(C)C)c1ccccc1. The quantitative estimate of drug-likeness (QED) is 0.636. The Kier molecular flexibility index (Phi) is 5.38. The summed E-state index contributed by atoms with van der Waals surface area (Å²) in [6.45, 7) is 7.99. The van der Waals surface area contributed by atoms with Crippen molar-refractivity contribution < 1.29 is 19.4 Å². The van der Waals surface area contributed by atoms with E-state index in [1.54, 1.807) is 13.8 Å². The van der Waals surface area contributed by atoms with Crippen LogP contribution in [0.4, 0.5) is 0 Å². The maximum Gasteiger partial charge on any atom is 0.356 e. The molecule has 0 aliphatic heterocycles. The number of benzene rings is 1. The van der Waals surface area contributed by atoms with Crippen LogP contribution in [0.1, 0.15) is 46.1 Å². The minimum absolute atomic E-state index is 0.0612. The first kappa shape index (κ1) is 19.9. The second-order valence-corrected chi connectivity index (χ2v) is 8.48. The first-order valence-corrected chi connectivity index (χ1v) is 9.71. The molecule has 3 aliphatic carbocycles.